The van der Waals surface area contributed by atoms with Crippen LogP contribution < -0.4 is 4.90 Å². The van der Waals surface area contributed by atoms with E-state index in [1.165, 1.54) is 23.1 Å². The fourth-order valence-corrected chi connectivity index (χ4v) is 2.90. The van der Waals surface area contributed by atoms with Gasteiger partial charge >= 0.3 is 18.4 Å². The van der Waals surface area contributed by atoms with Gasteiger partial charge < -0.3 is 4.42 Å². The van der Waals surface area contributed by atoms with Gasteiger partial charge in [0.15, 0.2) is 3.77 Å². The predicted molar refractivity (Wildman–Crippen MR) is 90.3 cm³/mol. The molecular weight excluding hydrogens is 477 g/mol. The number of halogens is 7. The Bertz CT molecular complexity index is 864. The molecule has 0 radical (unpaired) electrons. The Morgan fingerprint density at radius 2 is 1.65 bits per heavy atom. The maximum Gasteiger partial charge on any atom is 0.417 e. The monoisotopic (exact) mass is 486 g/mol. The third-order valence-electron chi connectivity index (χ3n) is 3.53. The van der Waals surface area contributed by atoms with Gasteiger partial charge in [0.2, 0.25) is 0 Å². The second-order valence-corrected chi connectivity index (χ2v) is 6.31. The molecule has 2 aromatic rings. The molecule has 0 N–H and O–H groups in total. The average molecular weight is 486 g/mol. The summed E-state index contributed by atoms with van der Waals surface area (Å²) in [4.78, 5) is 5.32. The number of hydrogen-bond donors (Lipinski definition) is 0. The van der Waals surface area contributed by atoms with Crippen molar-refractivity contribution in [2.75, 3.05) is 11.4 Å². The summed E-state index contributed by atoms with van der Waals surface area (Å²) in [5, 5.41) is 0. The van der Waals surface area contributed by atoms with Gasteiger partial charge in [-0.05, 0) is 12.1 Å². The first-order valence-corrected chi connectivity index (χ1v) is 8.20. The Hall–Kier alpha value is -1.98. The molecule has 0 atom stereocenters. The van der Waals surface area contributed by atoms with Gasteiger partial charge in [-0.3, -0.25) is 4.90 Å². The van der Waals surface area contributed by atoms with E-state index in [9.17, 15) is 26.3 Å². The van der Waals surface area contributed by atoms with Gasteiger partial charge in [0, 0.05) is 40.9 Å². The molecule has 3 rings (SSSR count). The van der Waals surface area contributed by atoms with Gasteiger partial charge in [-0.1, -0.05) is 24.3 Å². The molecule has 3 nitrogen and oxygen atoms in total. The minimum atomic E-state index is -4.51. The second kappa shape index (κ2) is 6.63. The molecule has 0 unspecified atom stereocenters. The minimum absolute atomic E-state index is 0.0737. The quantitative estimate of drug-likeness (QED) is 0.398. The predicted octanol–water partition coefficient (Wildman–Crippen LogP) is 5.79. The maximum absolute atomic E-state index is 12.8. The summed E-state index contributed by atoms with van der Waals surface area (Å²) in [6, 6.07) is 4.21. The maximum atomic E-state index is 12.8. The molecule has 2 heterocycles. The molecule has 1 aromatic carbocycles. The molecule has 1 aromatic heterocycles. The normalized spacial score (nSPS) is 15.3. The van der Waals surface area contributed by atoms with Crippen molar-refractivity contribution in [3.8, 4) is 11.3 Å². The number of nitrogens with zero attached hydrogens (tertiary/aromatic N) is 2. The fourth-order valence-electron chi connectivity index (χ4n) is 2.27. The van der Waals surface area contributed by atoms with Gasteiger partial charge in [0.05, 0.1) is 11.1 Å². The highest BCUT2D eigenvalue weighted by molar-refractivity contribution is 14.1. The SMILES string of the molecule is FC(F)(F)C1=CN(c2nc(-c3ccc(C(F)(F)F)cc3)c(I)o2)CC=C1. The Morgan fingerprint density at radius 3 is 2.23 bits per heavy atom. The molecule has 0 saturated carbocycles. The summed E-state index contributed by atoms with van der Waals surface area (Å²) in [5.41, 5.74) is -1.04. The van der Waals surface area contributed by atoms with E-state index < -0.39 is 23.5 Å². The average Bonchev–Trinajstić information content (AvgIpc) is 2.95. The lowest BCUT2D eigenvalue weighted by atomic mass is 10.1. The fraction of sp³-hybridized carbons (Fsp3) is 0.188. The molecule has 0 saturated heterocycles. The van der Waals surface area contributed by atoms with Crippen molar-refractivity contribution in [3.05, 3.63) is 57.5 Å². The van der Waals surface area contributed by atoms with E-state index in [0.717, 1.165) is 24.4 Å². The Balaban J connectivity index is 1.91. The first kappa shape index (κ1) is 18.8. The van der Waals surface area contributed by atoms with Crippen LogP contribution in [0.15, 0.2) is 52.6 Å². The number of benzene rings is 1. The topological polar surface area (TPSA) is 29.3 Å². The molecule has 1 aliphatic rings. The third kappa shape index (κ3) is 3.89. The number of rotatable bonds is 2. The number of anilines is 1. The van der Waals surface area contributed by atoms with E-state index in [1.807, 2.05) is 0 Å². The zero-order valence-electron chi connectivity index (χ0n) is 12.7. The third-order valence-corrected chi connectivity index (χ3v) is 4.26. The Labute approximate surface area is 157 Å². The van der Waals surface area contributed by atoms with Crippen LogP contribution >= 0.6 is 22.6 Å². The standard InChI is InChI=1S/C16H9F6IN2O/c17-15(18,19)10-5-3-9(4-6-10)12-13(23)26-14(24-12)25-7-1-2-11(8-25)16(20,21)22/h1-6,8H,7H2. The van der Waals surface area contributed by atoms with Crippen LogP contribution in [0.1, 0.15) is 5.56 Å². The van der Waals surface area contributed by atoms with Crippen LogP contribution in [0.3, 0.4) is 0 Å². The minimum Gasteiger partial charge on any atom is -0.417 e. The van der Waals surface area contributed by atoms with E-state index in [4.69, 9.17) is 4.42 Å². The smallest absolute Gasteiger partial charge is 0.417 e. The summed E-state index contributed by atoms with van der Waals surface area (Å²) in [7, 11) is 0. The number of hydrogen-bond acceptors (Lipinski definition) is 3. The van der Waals surface area contributed by atoms with Crippen molar-refractivity contribution in [2.24, 2.45) is 0 Å². The van der Waals surface area contributed by atoms with Gasteiger partial charge in [-0.2, -0.15) is 31.3 Å². The molecule has 0 amide bonds. The van der Waals surface area contributed by atoms with Crippen molar-refractivity contribution in [3.63, 3.8) is 0 Å². The summed E-state index contributed by atoms with van der Waals surface area (Å²) >= 11 is 1.79. The highest BCUT2D eigenvalue weighted by atomic mass is 127. The number of aromatic nitrogens is 1. The Morgan fingerprint density at radius 1 is 1.00 bits per heavy atom. The van der Waals surface area contributed by atoms with Gasteiger partial charge in [-0.15, -0.1) is 0 Å². The van der Waals surface area contributed by atoms with Crippen LogP contribution in [0.2, 0.25) is 0 Å². The summed E-state index contributed by atoms with van der Waals surface area (Å²) in [6.07, 6.45) is -5.82. The van der Waals surface area contributed by atoms with Crippen molar-refractivity contribution in [2.45, 2.75) is 12.4 Å². The molecule has 0 bridgehead atoms. The molecule has 0 spiro atoms. The van der Waals surface area contributed by atoms with E-state index in [0.29, 0.717) is 5.56 Å². The van der Waals surface area contributed by atoms with E-state index in [1.54, 1.807) is 22.6 Å². The van der Waals surface area contributed by atoms with Gasteiger partial charge in [0.25, 0.3) is 0 Å². The summed E-state index contributed by atoms with van der Waals surface area (Å²) in [5.74, 6) is 0. The van der Waals surface area contributed by atoms with E-state index in [-0.39, 0.29) is 22.0 Å². The van der Waals surface area contributed by atoms with Crippen LogP contribution in [-0.4, -0.2) is 17.7 Å². The number of allylic oxidation sites excluding steroid dienone is 2. The number of alkyl halides is 6. The zero-order valence-corrected chi connectivity index (χ0v) is 14.9. The zero-order chi connectivity index (χ0) is 19.1. The van der Waals surface area contributed by atoms with Crippen molar-refractivity contribution in [1.29, 1.82) is 0 Å². The van der Waals surface area contributed by atoms with Gasteiger partial charge in [-0.25, -0.2) is 0 Å². The molecule has 10 heteroatoms. The van der Waals surface area contributed by atoms with Gasteiger partial charge in [0.1, 0.15) is 5.69 Å². The highest BCUT2D eigenvalue weighted by Gasteiger charge is 2.34. The molecule has 26 heavy (non-hydrogen) atoms. The molecule has 138 valence electrons. The van der Waals surface area contributed by atoms with Crippen LogP contribution in [0.25, 0.3) is 11.3 Å². The highest BCUT2D eigenvalue weighted by Crippen LogP contribution is 2.35. The molecule has 0 fully saturated rings. The van der Waals surface area contributed by atoms with Crippen LogP contribution in [0.5, 0.6) is 0 Å². The van der Waals surface area contributed by atoms with E-state index in [2.05, 4.69) is 4.98 Å². The molecule has 0 aliphatic carbocycles. The van der Waals surface area contributed by atoms with Crippen LogP contribution in [0.4, 0.5) is 32.4 Å². The van der Waals surface area contributed by atoms with Crippen LogP contribution in [0, 0.1) is 3.77 Å². The number of oxazole rings is 1. The first-order chi connectivity index (χ1) is 12.1. The molecular formula is C16H9F6IN2O. The summed E-state index contributed by atoms with van der Waals surface area (Å²) < 4.78 is 82.0. The molecule has 1 aliphatic heterocycles. The van der Waals surface area contributed by atoms with Crippen molar-refractivity contribution < 1.29 is 30.8 Å². The lowest BCUT2D eigenvalue weighted by Crippen LogP contribution is -2.24. The first-order valence-electron chi connectivity index (χ1n) is 7.12. The van der Waals surface area contributed by atoms with Crippen LogP contribution in [-0.2, 0) is 6.18 Å². The Kier molecular flexibility index (Phi) is 4.80. The second-order valence-electron chi connectivity index (χ2n) is 5.33. The lowest BCUT2D eigenvalue weighted by molar-refractivity contribution is -0.137. The largest absolute Gasteiger partial charge is 0.417 e. The van der Waals surface area contributed by atoms with Crippen molar-refractivity contribution >= 4 is 28.6 Å². The lowest BCUT2D eigenvalue weighted by Gasteiger charge is -2.20. The van der Waals surface area contributed by atoms with E-state index >= 15 is 0 Å². The summed E-state index contributed by atoms with van der Waals surface area (Å²) in [6.45, 7) is 0.128. The van der Waals surface area contributed by atoms with Crippen molar-refractivity contribution in [1.82, 2.24) is 4.98 Å².